The van der Waals surface area contributed by atoms with Crippen LogP contribution < -0.4 is 5.32 Å². The zero-order valence-electron chi connectivity index (χ0n) is 14.5. The van der Waals surface area contributed by atoms with Gasteiger partial charge in [0.2, 0.25) is 15.3 Å². The second kappa shape index (κ2) is 8.30. The van der Waals surface area contributed by atoms with Crippen LogP contribution in [0, 0.1) is 6.92 Å². The molecule has 0 unspecified atom stereocenters. The van der Waals surface area contributed by atoms with Gasteiger partial charge < -0.3 is 10.1 Å². The molecule has 0 amide bonds. The SMILES string of the molecule is Cc1cc(NCCc2ccc(S(=O)(=O)N3CCOCC3)cc2)nc(Cl)n1. The van der Waals surface area contributed by atoms with Crippen molar-refractivity contribution >= 4 is 27.4 Å². The number of rotatable bonds is 6. The summed E-state index contributed by atoms with van der Waals surface area (Å²) >= 11 is 5.84. The van der Waals surface area contributed by atoms with E-state index >= 15 is 0 Å². The van der Waals surface area contributed by atoms with Crippen LogP contribution in [-0.2, 0) is 21.2 Å². The minimum Gasteiger partial charge on any atom is -0.379 e. The van der Waals surface area contributed by atoms with E-state index in [4.69, 9.17) is 16.3 Å². The molecule has 140 valence electrons. The van der Waals surface area contributed by atoms with Crippen molar-refractivity contribution in [3.63, 3.8) is 0 Å². The molecule has 26 heavy (non-hydrogen) atoms. The molecular formula is C17H21ClN4O3S. The predicted octanol–water partition coefficient (Wildman–Crippen LogP) is 2.11. The van der Waals surface area contributed by atoms with Gasteiger partial charge in [-0.2, -0.15) is 4.31 Å². The molecular weight excluding hydrogens is 376 g/mol. The molecule has 1 N–H and O–H groups in total. The van der Waals surface area contributed by atoms with Crippen molar-refractivity contribution in [2.45, 2.75) is 18.2 Å². The summed E-state index contributed by atoms with van der Waals surface area (Å²) in [6.07, 6.45) is 0.735. The summed E-state index contributed by atoms with van der Waals surface area (Å²) in [6, 6.07) is 8.82. The first-order chi connectivity index (χ1) is 12.4. The second-order valence-electron chi connectivity index (χ2n) is 6.00. The molecule has 1 aromatic carbocycles. The molecule has 2 aromatic rings. The molecule has 0 atom stereocenters. The highest BCUT2D eigenvalue weighted by atomic mass is 35.5. The minimum absolute atomic E-state index is 0.213. The van der Waals surface area contributed by atoms with Crippen molar-refractivity contribution in [1.82, 2.24) is 14.3 Å². The molecule has 0 bridgehead atoms. The van der Waals surface area contributed by atoms with Gasteiger partial charge in [-0.3, -0.25) is 0 Å². The van der Waals surface area contributed by atoms with Crippen LogP contribution in [0.4, 0.5) is 5.82 Å². The van der Waals surface area contributed by atoms with Gasteiger partial charge in [0.05, 0.1) is 18.1 Å². The van der Waals surface area contributed by atoms with Gasteiger partial charge >= 0.3 is 0 Å². The monoisotopic (exact) mass is 396 g/mol. The van der Waals surface area contributed by atoms with Gasteiger partial charge in [0.1, 0.15) is 5.82 Å². The van der Waals surface area contributed by atoms with Gasteiger partial charge in [0.15, 0.2) is 0 Å². The quantitative estimate of drug-likeness (QED) is 0.753. The molecule has 9 heteroatoms. The number of hydrogen-bond donors (Lipinski definition) is 1. The highest BCUT2D eigenvalue weighted by Gasteiger charge is 2.25. The standard InChI is InChI=1S/C17H21ClN4O3S/c1-13-12-16(21-17(18)20-13)19-7-6-14-2-4-15(5-3-14)26(23,24)22-8-10-25-11-9-22/h2-5,12H,6-11H2,1H3,(H,19,20,21). The molecule has 2 heterocycles. The molecule has 1 saturated heterocycles. The second-order valence-corrected chi connectivity index (χ2v) is 8.28. The van der Waals surface area contributed by atoms with Crippen molar-refractivity contribution in [1.29, 1.82) is 0 Å². The van der Waals surface area contributed by atoms with Gasteiger partial charge in [0, 0.05) is 31.4 Å². The number of sulfonamides is 1. The van der Waals surface area contributed by atoms with E-state index in [1.54, 1.807) is 12.1 Å². The maximum atomic E-state index is 12.6. The Bertz CT molecular complexity index is 833. The Morgan fingerprint density at radius 2 is 1.88 bits per heavy atom. The van der Waals surface area contributed by atoms with Crippen LogP contribution in [0.25, 0.3) is 0 Å². The predicted molar refractivity (Wildman–Crippen MR) is 100.0 cm³/mol. The van der Waals surface area contributed by atoms with Crippen LogP contribution in [0.2, 0.25) is 5.28 Å². The molecule has 0 aliphatic carbocycles. The number of halogens is 1. The topological polar surface area (TPSA) is 84.4 Å². The fraction of sp³-hybridized carbons (Fsp3) is 0.412. The Balaban J connectivity index is 1.59. The van der Waals surface area contributed by atoms with E-state index < -0.39 is 10.0 Å². The molecule has 1 aliphatic heterocycles. The third kappa shape index (κ3) is 4.70. The summed E-state index contributed by atoms with van der Waals surface area (Å²) in [5, 5.41) is 3.41. The molecule has 0 spiro atoms. The van der Waals surface area contributed by atoms with Gasteiger partial charge in [0.25, 0.3) is 0 Å². The summed E-state index contributed by atoms with van der Waals surface area (Å²) in [5.74, 6) is 0.675. The van der Waals surface area contributed by atoms with E-state index in [0.29, 0.717) is 43.6 Å². The summed E-state index contributed by atoms with van der Waals surface area (Å²) in [6.45, 7) is 4.18. The van der Waals surface area contributed by atoms with Gasteiger partial charge in [-0.1, -0.05) is 12.1 Å². The van der Waals surface area contributed by atoms with Crippen molar-refractivity contribution in [2.24, 2.45) is 0 Å². The van der Waals surface area contributed by atoms with Crippen molar-refractivity contribution in [3.05, 3.63) is 46.9 Å². The van der Waals surface area contributed by atoms with E-state index in [9.17, 15) is 8.42 Å². The number of morpholine rings is 1. The molecule has 0 saturated carbocycles. The normalized spacial score (nSPS) is 15.8. The lowest BCUT2D eigenvalue weighted by Gasteiger charge is -2.26. The first-order valence-corrected chi connectivity index (χ1v) is 10.2. The highest BCUT2D eigenvalue weighted by molar-refractivity contribution is 7.89. The zero-order valence-corrected chi connectivity index (χ0v) is 16.1. The average Bonchev–Trinajstić information content (AvgIpc) is 2.62. The number of benzene rings is 1. The fourth-order valence-corrected chi connectivity index (χ4v) is 4.35. The van der Waals surface area contributed by atoms with Crippen LogP contribution in [0.1, 0.15) is 11.3 Å². The van der Waals surface area contributed by atoms with E-state index in [0.717, 1.165) is 17.7 Å². The van der Waals surface area contributed by atoms with Crippen LogP contribution in [-0.4, -0.2) is 55.5 Å². The van der Waals surface area contributed by atoms with E-state index in [2.05, 4.69) is 15.3 Å². The molecule has 1 aromatic heterocycles. The minimum atomic E-state index is -3.45. The molecule has 7 nitrogen and oxygen atoms in total. The van der Waals surface area contributed by atoms with E-state index in [1.165, 1.54) is 4.31 Å². The maximum absolute atomic E-state index is 12.6. The van der Waals surface area contributed by atoms with E-state index in [-0.39, 0.29) is 5.28 Å². The number of hydrogen-bond acceptors (Lipinski definition) is 6. The fourth-order valence-electron chi connectivity index (χ4n) is 2.72. The Kier molecular flexibility index (Phi) is 6.08. The maximum Gasteiger partial charge on any atom is 0.243 e. The number of nitrogens with zero attached hydrogens (tertiary/aromatic N) is 3. The van der Waals surface area contributed by atoms with Gasteiger partial charge in [-0.25, -0.2) is 18.4 Å². The lowest BCUT2D eigenvalue weighted by atomic mass is 10.1. The summed E-state index contributed by atoms with van der Waals surface area (Å²) in [5.41, 5.74) is 1.83. The van der Waals surface area contributed by atoms with Crippen LogP contribution >= 0.6 is 11.6 Å². The van der Waals surface area contributed by atoms with Crippen molar-refractivity contribution in [2.75, 3.05) is 38.2 Å². The molecule has 0 radical (unpaired) electrons. The third-order valence-corrected chi connectivity index (χ3v) is 6.16. The first kappa shape index (κ1) is 19.0. The van der Waals surface area contributed by atoms with Crippen molar-refractivity contribution in [3.8, 4) is 0 Å². The lowest BCUT2D eigenvalue weighted by molar-refractivity contribution is 0.0730. The van der Waals surface area contributed by atoms with Crippen LogP contribution in [0.5, 0.6) is 0 Å². The number of anilines is 1. The number of nitrogens with one attached hydrogen (secondary N) is 1. The third-order valence-electron chi connectivity index (χ3n) is 4.08. The Hall–Kier alpha value is -1.74. The average molecular weight is 397 g/mol. The van der Waals surface area contributed by atoms with E-state index in [1.807, 2.05) is 25.1 Å². The Labute approximate surface area is 158 Å². The Morgan fingerprint density at radius 3 is 2.54 bits per heavy atom. The molecule has 1 aliphatic rings. The first-order valence-electron chi connectivity index (χ1n) is 8.37. The zero-order chi connectivity index (χ0) is 18.6. The number of aromatic nitrogens is 2. The largest absolute Gasteiger partial charge is 0.379 e. The summed E-state index contributed by atoms with van der Waals surface area (Å²) in [7, 11) is -3.45. The summed E-state index contributed by atoms with van der Waals surface area (Å²) in [4.78, 5) is 8.44. The molecule has 1 fully saturated rings. The number of aryl methyl sites for hydroxylation is 1. The van der Waals surface area contributed by atoms with Gasteiger partial charge in [-0.15, -0.1) is 0 Å². The van der Waals surface area contributed by atoms with Crippen LogP contribution in [0.15, 0.2) is 35.2 Å². The smallest absolute Gasteiger partial charge is 0.243 e. The van der Waals surface area contributed by atoms with Crippen molar-refractivity contribution < 1.29 is 13.2 Å². The highest BCUT2D eigenvalue weighted by Crippen LogP contribution is 2.18. The molecule has 3 rings (SSSR count). The lowest BCUT2D eigenvalue weighted by Crippen LogP contribution is -2.40. The van der Waals surface area contributed by atoms with Crippen LogP contribution in [0.3, 0.4) is 0 Å². The number of ether oxygens (including phenoxy) is 1. The Morgan fingerprint density at radius 1 is 1.19 bits per heavy atom. The summed E-state index contributed by atoms with van der Waals surface area (Å²) < 4.78 is 31.9. The van der Waals surface area contributed by atoms with Gasteiger partial charge in [-0.05, 0) is 42.6 Å².